The van der Waals surface area contributed by atoms with Crippen LogP contribution in [0.4, 0.5) is 0 Å². The topological polar surface area (TPSA) is 72.2 Å². The minimum Gasteiger partial charge on any atom is -0.386 e. The summed E-state index contributed by atoms with van der Waals surface area (Å²) in [6.45, 7) is 5.11. The number of aliphatic imine (C=N–C) groups is 1. The average Bonchev–Trinajstić information content (AvgIpc) is 3.32. The lowest BCUT2D eigenvalue weighted by molar-refractivity contribution is -0.0750. The van der Waals surface area contributed by atoms with Gasteiger partial charge in [0.05, 0.1) is 5.57 Å². The second-order valence-electron chi connectivity index (χ2n) is 14.3. The summed E-state index contributed by atoms with van der Waals surface area (Å²) in [5.74, 6) is 4.33. The molecule has 2 heterocycles. The van der Waals surface area contributed by atoms with Crippen LogP contribution >= 0.6 is 22.9 Å². The van der Waals surface area contributed by atoms with Gasteiger partial charge in [-0.1, -0.05) is 37.8 Å². The lowest BCUT2D eigenvalue weighted by Crippen LogP contribution is -2.60. The maximum Gasteiger partial charge on any atom is 0.125 e. The molecule has 5 fully saturated rings. The van der Waals surface area contributed by atoms with Gasteiger partial charge < -0.3 is 16.0 Å². The van der Waals surface area contributed by atoms with E-state index >= 15 is 0 Å². The van der Waals surface area contributed by atoms with Gasteiger partial charge in [0.2, 0.25) is 0 Å². The highest BCUT2D eigenvalue weighted by atomic mass is 35.5. The molecule has 1 aromatic heterocycles. The van der Waals surface area contributed by atoms with E-state index in [0.29, 0.717) is 17.5 Å². The van der Waals surface area contributed by atoms with Crippen LogP contribution in [0.3, 0.4) is 0 Å². The van der Waals surface area contributed by atoms with Crippen molar-refractivity contribution in [2.45, 2.75) is 96.6 Å². The van der Waals surface area contributed by atoms with Gasteiger partial charge in [0.25, 0.3) is 0 Å². The van der Waals surface area contributed by atoms with Gasteiger partial charge >= 0.3 is 0 Å². The normalized spacial score (nSPS) is 30.6. The molecule has 8 rings (SSSR count). The summed E-state index contributed by atoms with van der Waals surface area (Å²) >= 11 is 8.04. The third kappa shape index (κ3) is 6.15. The summed E-state index contributed by atoms with van der Waals surface area (Å²) in [4.78, 5) is 4.81. The van der Waals surface area contributed by atoms with Crippen LogP contribution < -0.4 is 16.0 Å². The Morgan fingerprint density at radius 3 is 2.67 bits per heavy atom. The van der Waals surface area contributed by atoms with Gasteiger partial charge in [-0.3, -0.25) is 0 Å². The summed E-state index contributed by atoms with van der Waals surface area (Å²) in [6.07, 6.45) is 17.4. The molecular formula is C36H46ClN5S. The summed E-state index contributed by atoms with van der Waals surface area (Å²) in [7, 11) is 0. The monoisotopic (exact) mass is 615 g/mol. The number of fused-ring (bicyclic) bond motifs is 1. The van der Waals surface area contributed by atoms with Gasteiger partial charge in [-0.2, -0.15) is 5.26 Å². The van der Waals surface area contributed by atoms with Gasteiger partial charge in [0.15, 0.2) is 0 Å². The fourth-order valence-electron chi connectivity index (χ4n) is 9.51. The molecule has 4 bridgehead atoms. The molecule has 1 aliphatic heterocycles. The number of hydrogen-bond donors (Lipinski definition) is 3. The van der Waals surface area contributed by atoms with Crippen LogP contribution in [-0.2, 0) is 6.54 Å². The SMILES string of the molecule is CCC1=C(NCc2csc3ccc(Cl)cc23)N=CC(C#N)=C(NCC23CC4C[C@H](C2)C(NCC2CCCCC2)[C@@H](C4)C3)C1. The number of rotatable bonds is 10. The Morgan fingerprint density at radius 2 is 1.91 bits per heavy atom. The van der Waals surface area contributed by atoms with Crippen molar-refractivity contribution in [3.8, 4) is 6.07 Å². The van der Waals surface area contributed by atoms with E-state index in [4.69, 9.17) is 16.6 Å². The molecule has 0 radical (unpaired) electrons. The minimum atomic E-state index is 0.370. The van der Waals surface area contributed by atoms with Crippen LogP contribution in [-0.4, -0.2) is 25.3 Å². The van der Waals surface area contributed by atoms with Crippen LogP contribution in [0.5, 0.6) is 0 Å². The van der Waals surface area contributed by atoms with Crippen LogP contribution in [0, 0.1) is 40.4 Å². The van der Waals surface area contributed by atoms with Gasteiger partial charge in [-0.05, 0) is 127 Å². The summed E-state index contributed by atoms with van der Waals surface area (Å²) in [5, 5.41) is 25.9. The molecule has 3 N–H and O–H groups in total. The van der Waals surface area contributed by atoms with Crippen molar-refractivity contribution in [1.82, 2.24) is 16.0 Å². The molecule has 1 aromatic carbocycles. The molecule has 228 valence electrons. The maximum atomic E-state index is 10.1. The van der Waals surface area contributed by atoms with Crippen LogP contribution in [0.15, 0.2) is 51.2 Å². The standard InChI is InChI=1S/C36H46ClN5S/c1-2-25-12-32(28(17-38)19-40-35(25)41-20-29-21-43-33-9-8-30(37)13-31(29)33)42-22-36-14-24-10-26(15-36)34(27(11-24)16-36)39-18-23-6-4-3-5-7-23/h8-9,13,19,21,23-24,26-27,34,39,41-42H,2-7,10-12,14-16,18,20,22H2,1H3/t24?,26-,27+,34?,36?. The second kappa shape index (κ2) is 12.6. The number of allylic oxidation sites excluding steroid dienone is 2. The summed E-state index contributed by atoms with van der Waals surface area (Å²) < 4.78 is 1.24. The predicted molar refractivity (Wildman–Crippen MR) is 179 cm³/mol. The van der Waals surface area contributed by atoms with Crippen molar-refractivity contribution in [3.63, 3.8) is 0 Å². The zero-order chi connectivity index (χ0) is 29.4. The Kier molecular flexibility index (Phi) is 8.60. The predicted octanol–water partition coefficient (Wildman–Crippen LogP) is 8.47. The molecule has 0 spiro atoms. The number of nitriles is 1. The van der Waals surface area contributed by atoms with E-state index in [1.165, 1.54) is 92.0 Å². The number of benzene rings is 1. The highest BCUT2D eigenvalue weighted by Gasteiger charge is 2.55. The van der Waals surface area contributed by atoms with Gasteiger partial charge in [0, 0.05) is 47.2 Å². The van der Waals surface area contributed by atoms with E-state index in [0.717, 1.165) is 65.6 Å². The van der Waals surface area contributed by atoms with Crippen LogP contribution in [0.2, 0.25) is 5.02 Å². The second-order valence-corrected chi connectivity index (χ2v) is 15.6. The van der Waals surface area contributed by atoms with Gasteiger partial charge in [-0.15, -0.1) is 11.3 Å². The van der Waals surface area contributed by atoms with Crippen molar-refractivity contribution in [2.24, 2.45) is 34.1 Å². The molecule has 7 heteroatoms. The highest BCUT2D eigenvalue weighted by molar-refractivity contribution is 7.17. The van der Waals surface area contributed by atoms with Gasteiger partial charge in [-0.25, -0.2) is 4.99 Å². The van der Waals surface area contributed by atoms with Crippen LogP contribution in [0.1, 0.15) is 89.5 Å². The molecule has 0 saturated heterocycles. The number of hydrogen-bond acceptors (Lipinski definition) is 6. The third-order valence-corrected chi connectivity index (χ3v) is 12.7. The highest BCUT2D eigenvalue weighted by Crippen LogP contribution is 2.60. The van der Waals surface area contributed by atoms with E-state index in [1.54, 1.807) is 17.6 Å². The number of nitrogens with zero attached hydrogens (tertiary/aromatic N) is 2. The fourth-order valence-corrected chi connectivity index (χ4v) is 10.6. The van der Waals surface area contributed by atoms with Crippen molar-refractivity contribution < 1.29 is 0 Å². The molecule has 6 aliphatic rings. The van der Waals surface area contributed by atoms with Crippen molar-refractivity contribution in [1.29, 1.82) is 5.26 Å². The first kappa shape index (κ1) is 29.4. The molecule has 5 atom stereocenters. The Hall–Kier alpha value is -2.33. The third-order valence-electron chi connectivity index (χ3n) is 11.4. The first-order chi connectivity index (χ1) is 21.0. The Bertz CT molecular complexity index is 1460. The molecule has 5 saturated carbocycles. The molecule has 5 nitrogen and oxygen atoms in total. The minimum absolute atomic E-state index is 0.370. The first-order valence-corrected chi connectivity index (χ1v) is 18.0. The Morgan fingerprint density at radius 1 is 1.09 bits per heavy atom. The zero-order valence-electron chi connectivity index (χ0n) is 25.6. The summed E-state index contributed by atoms with van der Waals surface area (Å²) in [6, 6.07) is 9.28. The Balaban J connectivity index is 1.01. The molecular weight excluding hydrogens is 570 g/mol. The van der Waals surface area contributed by atoms with E-state index in [-0.39, 0.29) is 0 Å². The quantitative estimate of drug-likeness (QED) is 0.251. The van der Waals surface area contributed by atoms with Crippen molar-refractivity contribution >= 4 is 39.2 Å². The van der Waals surface area contributed by atoms with E-state index < -0.39 is 0 Å². The van der Waals surface area contributed by atoms with E-state index in [2.05, 4.69) is 40.4 Å². The first-order valence-electron chi connectivity index (χ1n) is 16.8. The van der Waals surface area contributed by atoms with E-state index in [1.807, 2.05) is 12.1 Å². The smallest absolute Gasteiger partial charge is 0.125 e. The lowest BCUT2D eigenvalue weighted by Gasteiger charge is -2.60. The molecule has 5 aliphatic carbocycles. The molecule has 0 amide bonds. The maximum absolute atomic E-state index is 10.1. The number of nitrogens with one attached hydrogen (secondary N) is 3. The zero-order valence-corrected chi connectivity index (χ0v) is 27.1. The number of halogens is 1. The average molecular weight is 616 g/mol. The number of thiophene rings is 1. The van der Waals surface area contributed by atoms with Crippen LogP contribution in [0.25, 0.3) is 10.1 Å². The Labute approximate surface area is 266 Å². The van der Waals surface area contributed by atoms with Crippen molar-refractivity contribution in [2.75, 3.05) is 13.1 Å². The molecule has 2 aromatic rings. The molecule has 43 heavy (non-hydrogen) atoms. The fraction of sp³-hybridized carbons (Fsp3) is 0.611. The van der Waals surface area contributed by atoms with Crippen molar-refractivity contribution in [3.05, 3.63) is 56.8 Å². The summed E-state index contributed by atoms with van der Waals surface area (Å²) in [5.41, 5.74) is 4.57. The lowest BCUT2D eigenvalue weighted by atomic mass is 9.48. The molecule has 3 unspecified atom stereocenters. The van der Waals surface area contributed by atoms with Gasteiger partial charge in [0.1, 0.15) is 11.9 Å². The van der Waals surface area contributed by atoms with E-state index in [9.17, 15) is 5.26 Å². The largest absolute Gasteiger partial charge is 0.386 e.